The van der Waals surface area contributed by atoms with Crippen LogP contribution in [0.25, 0.3) is 0 Å². The summed E-state index contributed by atoms with van der Waals surface area (Å²) in [6, 6.07) is 0. The highest BCUT2D eigenvalue weighted by Gasteiger charge is 2.36. The number of methoxy groups -OCH3 is 1. The van der Waals surface area contributed by atoms with Crippen molar-refractivity contribution in [2.45, 2.75) is 52.9 Å². The Hall–Kier alpha value is -1.65. The summed E-state index contributed by atoms with van der Waals surface area (Å²) in [7, 11) is 1.30. The van der Waals surface area contributed by atoms with Gasteiger partial charge in [0.15, 0.2) is 5.78 Å². The van der Waals surface area contributed by atoms with Crippen molar-refractivity contribution in [2.24, 2.45) is 10.4 Å². The van der Waals surface area contributed by atoms with Crippen molar-refractivity contribution in [3.63, 3.8) is 0 Å². The maximum atomic E-state index is 12.3. The van der Waals surface area contributed by atoms with Gasteiger partial charge >= 0.3 is 5.97 Å². The van der Waals surface area contributed by atoms with Gasteiger partial charge in [-0.05, 0) is 18.3 Å². The largest absolute Gasteiger partial charge is 0.511 e. The van der Waals surface area contributed by atoms with Gasteiger partial charge in [0, 0.05) is 25.1 Å². The fourth-order valence-corrected chi connectivity index (χ4v) is 2.44. The van der Waals surface area contributed by atoms with Crippen molar-refractivity contribution in [3.05, 3.63) is 11.3 Å². The zero-order valence-electron chi connectivity index (χ0n) is 13.4. The van der Waals surface area contributed by atoms with Crippen molar-refractivity contribution in [1.29, 1.82) is 0 Å². The molecule has 5 heteroatoms. The normalized spacial score (nSPS) is 22.3. The molecule has 0 aromatic rings. The van der Waals surface area contributed by atoms with Crippen molar-refractivity contribution in [3.8, 4) is 0 Å². The maximum absolute atomic E-state index is 12.3. The Morgan fingerprint density at radius 1 is 1.33 bits per heavy atom. The molecule has 0 spiro atoms. The molecule has 1 saturated carbocycles. The topological polar surface area (TPSA) is 76.0 Å². The van der Waals surface area contributed by atoms with Crippen LogP contribution in [0, 0.1) is 5.41 Å². The van der Waals surface area contributed by atoms with E-state index in [1.54, 1.807) is 0 Å². The van der Waals surface area contributed by atoms with Gasteiger partial charge in [-0.25, -0.2) is 0 Å². The van der Waals surface area contributed by atoms with Gasteiger partial charge in [0.1, 0.15) is 5.76 Å². The van der Waals surface area contributed by atoms with Crippen LogP contribution in [0.3, 0.4) is 0 Å². The average molecular weight is 295 g/mol. The molecule has 118 valence electrons. The predicted octanol–water partition coefficient (Wildman–Crippen LogP) is 2.99. The van der Waals surface area contributed by atoms with E-state index in [1.165, 1.54) is 7.11 Å². The van der Waals surface area contributed by atoms with Crippen LogP contribution >= 0.6 is 0 Å². The van der Waals surface area contributed by atoms with E-state index in [2.05, 4.69) is 9.73 Å². The number of hydrogen-bond acceptors (Lipinski definition) is 5. The molecule has 0 radical (unpaired) electrons. The van der Waals surface area contributed by atoms with Crippen molar-refractivity contribution in [1.82, 2.24) is 0 Å². The molecule has 0 unspecified atom stereocenters. The Morgan fingerprint density at radius 2 is 2.00 bits per heavy atom. The van der Waals surface area contributed by atoms with Gasteiger partial charge in [-0.2, -0.15) is 0 Å². The second-order valence-electron chi connectivity index (χ2n) is 6.17. The lowest BCUT2D eigenvalue weighted by molar-refractivity contribution is -0.140. The third-order valence-electron chi connectivity index (χ3n) is 3.46. The van der Waals surface area contributed by atoms with Crippen molar-refractivity contribution < 1.29 is 19.4 Å². The minimum atomic E-state index is -0.405. The molecular weight excluding hydrogens is 270 g/mol. The molecule has 5 nitrogen and oxygen atoms in total. The smallest absolute Gasteiger partial charge is 0.305 e. The number of nitrogens with zero attached hydrogens (tertiary/aromatic N) is 1. The number of ketones is 1. The van der Waals surface area contributed by atoms with Crippen LogP contribution in [0.5, 0.6) is 0 Å². The Bertz CT molecular complexity index is 475. The van der Waals surface area contributed by atoms with Crippen LogP contribution in [0.1, 0.15) is 52.9 Å². The Balaban J connectivity index is 3.03. The van der Waals surface area contributed by atoms with Gasteiger partial charge in [0.25, 0.3) is 0 Å². The van der Waals surface area contributed by atoms with Crippen LogP contribution in [0.15, 0.2) is 16.3 Å². The SMILES string of the molecule is CCCN=C1CC(C)(C)CC(=O)/C1=C(/O)CCC(=O)OC. The number of aliphatic hydroxyl groups excluding tert-OH is 1. The van der Waals surface area contributed by atoms with E-state index in [0.717, 1.165) is 6.42 Å². The first-order valence-electron chi connectivity index (χ1n) is 7.36. The number of hydrogen-bond donors (Lipinski definition) is 1. The summed E-state index contributed by atoms with van der Waals surface area (Å²) in [5, 5.41) is 10.2. The number of aliphatic imine (C=N–C) groups is 1. The zero-order valence-corrected chi connectivity index (χ0v) is 13.4. The van der Waals surface area contributed by atoms with Crippen LogP contribution < -0.4 is 0 Å². The number of carbonyl (C=O) groups is 2. The van der Waals surface area contributed by atoms with E-state index in [9.17, 15) is 14.7 Å². The van der Waals surface area contributed by atoms with Gasteiger partial charge in [0.2, 0.25) is 0 Å². The molecule has 1 aliphatic carbocycles. The third kappa shape index (κ3) is 4.99. The summed E-state index contributed by atoms with van der Waals surface area (Å²) < 4.78 is 4.55. The van der Waals surface area contributed by atoms with E-state index in [0.29, 0.717) is 30.7 Å². The number of rotatable bonds is 5. The summed E-state index contributed by atoms with van der Waals surface area (Å²) >= 11 is 0. The second kappa shape index (κ2) is 7.38. The highest BCUT2D eigenvalue weighted by molar-refractivity contribution is 6.24. The lowest BCUT2D eigenvalue weighted by Crippen LogP contribution is -2.33. The standard InChI is InChI=1S/C16H25NO4/c1-5-8-17-11-9-16(2,3)10-13(19)15(11)12(18)6-7-14(20)21-4/h18H,5-10H2,1-4H3/b15-12+,17-11?. The molecule has 1 rings (SSSR count). The van der Waals surface area contributed by atoms with Gasteiger partial charge in [-0.1, -0.05) is 20.8 Å². The third-order valence-corrected chi connectivity index (χ3v) is 3.46. The van der Waals surface area contributed by atoms with Crippen LogP contribution in [-0.4, -0.2) is 36.2 Å². The van der Waals surface area contributed by atoms with Crippen molar-refractivity contribution in [2.75, 3.05) is 13.7 Å². The summed E-state index contributed by atoms with van der Waals surface area (Å²) in [5.41, 5.74) is 0.836. The Kier molecular flexibility index (Phi) is 6.12. The summed E-state index contributed by atoms with van der Waals surface area (Å²) in [6.07, 6.45) is 2.10. The minimum absolute atomic E-state index is 0.0456. The van der Waals surface area contributed by atoms with Gasteiger partial charge in [-0.15, -0.1) is 0 Å². The molecule has 0 aliphatic heterocycles. The number of carbonyl (C=O) groups excluding carboxylic acids is 2. The fourth-order valence-electron chi connectivity index (χ4n) is 2.44. The van der Waals surface area contributed by atoms with E-state index in [-0.39, 0.29) is 29.8 Å². The summed E-state index contributed by atoms with van der Waals surface area (Å²) in [5.74, 6) is -0.544. The molecule has 0 saturated heterocycles. The molecule has 1 aliphatic rings. The summed E-state index contributed by atoms with van der Waals surface area (Å²) in [4.78, 5) is 27.9. The van der Waals surface area contributed by atoms with E-state index in [4.69, 9.17) is 0 Å². The van der Waals surface area contributed by atoms with E-state index in [1.807, 2.05) is 20.8 Å². The summed E-state index contributed by atoms with van der Waals surface area (Å²) in [6.45, 7) is 6.69. The molecule has 0 bridgehead atoms. The molecule has 1 fully saturated rings. The number of aliphatic hydroxyl groups is 1. The molecule has 0 aromatic heterocycles. The quantitative estimate of drug-likeness (QED) is 0.480. The molecule has 21 heavy (non-hydrogen) atoms. The first kappa shape index (κ1) is 17.4. The number of allylic oxidation sites excluding steroid dienone is 2. The average Bonchev–Trinajstić information content (AvgIpc) is 2.40. The van der Waals surface area contributed by atoms with Gasteiger partial charge < -0.3 is 9.84 Å². The molecule has 0 aromatic carbocycles. The van der Waals surface area contributed by atoms with Gasteiger partial charge in [0.05, 0.1) is 19.1 Å². The zero-order chi connectivity index (χ0) is 16.0. The highest BCUT2D eigenvalue weighted by atomic mass is 16.5. The number of Topliss-reactive ketones (excluding diaryl/α,β-unsaturated/α-hetero) is 1. The molecular formula is C16H25NO4. The lowest BCUT2D eigenvalue weighted by atomic mass is 9.73. The van der Waals surface area contributed by atoms with E-state index < -0.39 is 5.97 Å². The van der Waals surface area contributed by atoms with Crippen molar-refractivity contribution >= 4 is 17.5 Å². The Morgan fingerprint density at radius 3 is 2.57 bits per heavy atom. The number of esters is 1. The highest BCUT2D eigenvalue weighted by Crippen LogP contribution is 2.35. The minimum Gasteiger partial charge on any atom is -0.511 e. The number of ether oxygens (including phenoxy) is 1. The van der Waals surface area contributed by atoms with Gasteiger partial charge in [-0.3, -0.25) is 14.6 Å². The lowest BCUT2D eigenvalue weighted by Gasteiger charge is -2.31. The van der Waals surface area contributed by atoms with Crippen LogP contribution in [-0.2, 0) is 14.3 Å². The molecule has 0 heterocycles. The first-order chi connectivity index (χ1) is 9.80. The maximum Gasteiger partial charge on any atom is 0.305 e. The monoisotopic (exact) mass is 295 g/mol. The first-order valence-corrected chi connectivity index (χ1v) is 7.36. The Labute approximate surface area is 126 Å². The van der Waals surface area contributed by atoms with Crippen LogP contribution in [0.4, 0.5) is 0 Å². The molecule has 0 amide bonds. The predicted molar refractivity (Wildman–Crippen MR) is 81.5 cm³/mol. The van der Waals surface area contributed by atoms with E-state index >= 15 is 0 Å². The second-order valence-corrected chi connectivity index (χ2v) is 6.17. The fraction of sp³-hybridized carbons (Fsp3) is 0.688. The molecule has 0 atom stereocenters. The van der Waals surface area contributed by atoms with Crippen LogP contribution in [0.2, 0.25) is 0 Å². The molecule has 1 N–H and O–H groups in total.